The first-order valence-electron chi connectivity index (χ1n) is 6.45. The zero-order chi connectivity index (χ0) is 13.8. The van der Waals surface area contributed by atoms with Crippen molar-refractivity contribution in [2.75, 3.05) is 6.54 Å². The maximum absolute atomic E-state index is 13.2. The predicted molar refractivity (Wildman–Crippen MR) is 71.1 cm³/mol. The molecule has 0 saturated carbocycles. The standard InChI is InChI=1S/C14H18FN3O/c1-4-7-16-10(3)13-17-18-14(19-13)11-5-6-12(15)9(2)8-11/h5-6,8,10,16H,4,7H2,1-3H3. The highest BCUT2D eigenvalue weighted by atomic mass is 19.1. The van der Waals surface area contributed by atoms with Gasteiger partial charge in [0.15, 0.2) is 0 Å². The lowest BCUT2D eigenvalue weighted by Gasteiger charge is -2.07. The molecule has 0 aliphatic heterocycles. The Kier molecular flexibility index (Phi) is 4.27. The molecule has 1 atom stereocenters. The van der Waals surface area contributed by atoms with Gasteiger partial charge in [-0.1, -0.05) is 6.92 Å². The third-order valence-electron chi connectivity index (χ3n) is 2.92. The number of aryl methyl sites for hydroxylation is 1. The maximum atomic E-state index is 13.2. The summed E-state index contributed by atoms with van der Waals surface area (Å²) in [6.45, 7) is 6.68. The minimum Gasteiger partial charge on any atom is -0.419 e. The summed E-state index contributed by atoms with van der Waals surface area (Å²) in [6, 6.07) is 4.77. The van der Waals surface area contributed by atoms with Crippen LogP contribution >= 0.6 is 0 Å². The van der Waals surface area contributed by atoms with Crippen LogP contribution < -0.4 is 5.32 Å². The van der Waals surface area contributed by atoms with Crippen LogP contribution in [0.25, 0.3) is 11.5 Å². The molecule has 5 heteroatoms. The van der Waals surface area contributed by atoms with E-state index in [4.69, 9.17) is 4.42 Å². The van der Waals surface area contributed by atoms with Gasteiger partial charge in [0, 0.05) is 5.56 Å². The summed E-state index contributed by atoms with van der Waals surface area (Å²) in [6.07, 6.45) is 1.04. The van der Waals surface area contributed by atoms with Gasteiger partial charge in [-0.05, 0) is 50.6 Å². The van der Waals surface area contributed by atoms with Crippen molar-refractivity contribution in [2.45, 2.75) is 33.2 Å². The number of benzene rings is 1. The van der Waals surface area contributed by atoms with Crippen LogP contribution in [0.5, 0.6) is 0 Å². The van der Waals surface area contributed by atoms with Crippen LogP contribution in [0.2, 0.25) is 0 Å². The van der Waals surface area contributed by atoms with E-state index in [1.165, 1.54) is 6.07 Å². The lowest BCUT2D eigenvalue weighted by Crippen LogP contribution is -2.19. The van der Waals surface area contributed by atoms with Gasteiger partial charge in [-0.15, -0.1) is 10.2 Å². The van der Waals surface area contributed by atoms with E-state index in [1.54, 1.807) is 19.1 Å². The molecule has 2 aromatic rings. The molecule has 0 aliphatic carbocycles. The largest absolute Gasteiger partial charge is 0.419 e. The van der Waals surface area contributed by atoms with Crippen molar-refractivity contribution in [3.63, 3.8) is 0 Å². The van der Waals surface area contributed by atoms with Crippen molar-refractivity contribution >= 4 is 0 Å². The third kappa shape index (κ3) is 3.17. The molecule has 0 saturated heterocycles. The summed E-state index contributed by atoms with van der Waals surface area (Å²) in [5, 5.41) is 11.3. The smallest absolute Gasteiger partial charge is 0.247 e. The van der Waals surface area contributed by atoms with Crippen molar-refractivity contribution in [3.8, 4) is 11.5 Å². The fourth-order valence-corrected chi connectivity index (χ4v) is 1.75. The molecule has 102 valence electrons. The molecular weight excluding hydrogens is 245 g/mol. The Bertz CT molecular complexity index is 553. The number of hydrogen-bond donors (Lipinski definition) is 1. The quantitative estimate of drug-likeness (QED) is 0.899. The van der Waals surface area contributed by atoms with Crippen LogP contribution in [0.1, 0.15) is 37.8 Å². The van der Waals surface area contributed by atoms with Crippen LogP contribution in [-0.4, -0.2) is 16.7 Å². The third-order valence-corrected chi connectivity index (χ3v) is 2.92. The fourth-order valence-electron chi connectivity index (χ4n) is 1.75. The van der Waals surface area contributed by atoms with E-state index < -0.39 is 0 Å². The van der Waals surface area contributed by atoms with E-state index in [2.05, 4.69) is 22.4 Å². The summed E-state index contributed by atoms with van der Waals surface area (Å²) in [4.78, 5) is 0. The first-order valence-corrected chi connectivity index (χ1v) is 6.45. The molecule has 0 spiro atoms. The van der Waals surface area contributed by atoms with Crippen LogP contribution in [0.3, 0.4) is 0 Å². The summed E-state index contributed by atoms with van der Waals surface area (Å²) in [5.74, 6) is 0.732. The molecule has 1 aromatic heterocycles. The van der Waals surface area contributed by atoms with E-state index in [9.17, 15) is 4.39 Å². The normalized spacial score (nSPS) is 12.6. The van der Waals surface area contributed by atoms with E-state index in [1.807, 2.05) is 6.92 Å². The van der Waals surface area contributed by atoms with Crippen LogP contribution in [0.15, 0.2) is 22.6 Å². The average Bonchev–Trinajstić information content (AvgIpc) is 2.89. The van der Waals surface area contributed by atoms with Crippen molar-refractivity contribution in [1.82, 2.24) is 15.5 Å². The summed E-state index contributed by atoms with van der Waals surface area (Å²) in [7, 11) is 0. The van der Waals surface area contributed by atoms with Gasteiger partial charge in [0.2, 0.25) is 11.8 Å². The molecule has 0 fully saturated rings. The molecule has 1 N–H and O–H groups in total. The Balaban J connectivity index is 2.18. The maximum Gasteiger partial charge on any atom is 0.247 e. The molecule has 0 radical (unpaired) electrons. The molecular formula is C14H18FN3O. The summed E-state index contributed by atoms with van der Waals surface area (Å²) < 4.78 is 18.8. The van der Waals surface area contributed by atoms with Crippen LogP contribution in [0.4, 0.5) is 4.39 Å². The zero-order valence-electron chi connectivity index (χ0n) is 11.4. The second kappa shape index (κ2) is 5.93. The minimum absolute atomic E-state index is 0.0164. The topological polar surface area (TPSA) is 51.0 Å². The van der Waals surface area contributed by atoms with E-state index in [-0.39, 0.29) is 11.9 Å². The average molecular weight is 263 g/mol. The van der Waals surface area contributed by atoms with Crippen molar-refractivity contribution in [3.05, 3.63) is 35.5 Å². The highest BCUT2D eigenvalue weighted by Gasteiger charge is 2.14. The van der Waals surface area contributed by atoms with Crippen molar-refractivity contribution < 1.29 is 8.81 Å². The van der Waals surface area contributed by atoms with E-state index in [0.29, 0.717) is 17.3 Å². The van der Waals surface area contributed by atoms with Gasteiger partial charge < -0.3 is 9.73 Å². The number of nitrogens with zero attached hydrogens (tertiary/aromatic N) is 2. The monoisotopic (exact) mass is 263 g/mol. The Morgan fingerprint density at radius 1 is 1.37 bits per heavy atom. The second-order valence-corrected chi connectivity index (χ2v) is 4.59. The molecule has 1 heterocycles. The van der Waals surface area contributed by atoms with Crippen LogP contribution in [-0.2, 0) is 0 Å². The summed E-state index contributed by atoms with van der Waals surface area (Å²) >= 11 is 0. The second-order valence-electron chi connectivity index (χ2n) is 4.59. The van der Waals surface area contributed by atoms with E-state index in [0.717, 1.165) is 18.5 Å². The van der Waals surface area contributed by atoms with Crippen LogP contribution in [0, 0.1) is 12.7 Å². The number of rotatable bonds is 5. The van der Waals surface area contributed by atoms with Gasteiger partial charge in [-0.3, -0.25) is 0 Å². The minimum atomic E-state index is -0.235. The molecule has 0 bridgehead atoms. The van der Waals surface area contributed by atoms with Gasteiger partial charge in [0.25, 0.3) is 0 Å². The number of nitrogens with one attached hydrogen (secondary N) is 1. The molecule has 0 amide bonds. The van der Waals surface area contributed by atoms with Gasteiger partial charge in [0.1, 0.15) is 5.82 Å². The number of hydrogen-bond acceptors (Lipinski definition) is 4. The molecule has 0 aliphatic rings. The zero-order valence-corrected chi connectivity index (χ0v) is 11.4. The number of halogens is 1. The van der Waals surface area contributed by atoms with Gasteiger partial charge in [-0.25, -0.2) is 4.39 Å². The molecule has 1 aromatic carbocycles. The first-order chi connectivity index (χ1) is 9.11. The Labute approximate surface area is 112 Å². The van der Waals surface area contributed by atoms with Gasteiger partial charge in [-0.2, -0.15) is 0 Å². The van der Waals surface area contributed by atoms with Crippen molar-refractivity contribution in [2.24, 2.45) is 0 Å². The Morgan fingerprint density at radius 3 is 2.84 bits per heavy atom. The summed E-state index contributed by atoms with van der Waals surface area (Å²) in [5.41, 5.74) is 1.30. The molecule has 1 unspecified atom stereocenters. The Morgan fingerprint density at radius 2 is 2.16 bits per heavy atom. The first kappa shape index (κ1) is 13.7. The Hall–Kier alpha value is -1.75. The predicted octanol–water partition coefficient (Wildman–Crippen LogP) is 3.24. The molecule has 2 rings (SSSR count). The van der Waals surface area contributed by atoms with Gasteiger partial charge >= 0.3 is 0 Å². The lowest BCUT2D eigenvalue weighted by atomic mass is 10.1. The highest BCUT2D eigenvalue weighted by Crippen LogP contribution is 2.22. The van der Waals surface area contributed by atoms with Gasteiger partial charge in [0.05, 0.1) is 6.04 Å². The number of aromatic nitrogens is 2. The highest BCUT2D eigenvalue weighted by molar-refractivity contribution is 5.53. The fraction of sp³-hybridized carbons (Fsp3) is 0.429. The van der Waals surface area contributed by atoms with Crippen molar-refractivity contribution in [1.29, 1.82) is 0 Å². The van der Waals surface area contributed by atoms with E-state index >= 15 is 0 Å². The molecule has 19 heavy (non-hydrogen) atoms. The molecule has 4 nitrogen and oxygen atoms in total. The SMILES string of the molecule is CCCNC(C)c1nnc(-c2ccc(F)c(C)c2)o1. The lowest BCUT2D eigenvalue weighted by molar-refractivity contribution is 0.423.